The lowest BCUT2D eigenvalue weighted by Crippen LogP contribution is -2.61. The smallest absolute Gasteiger partial charge is 0.422 e. The second-order valence-electron chi connectivity index (χ2n) is 16.6. The van der Waals surface area contributed by atoms with E-state index >= 15 is 0 Å². The summed E-state index contributed by atoms with van der Waals surface area (Å²) >= 11 is 0. The van der Waals surface area contributed by atoms with E-state index in [-0.39, 0.29) is 40.6 Å². The number of hydrogen-bond donors (Lipinski definition) is 2. The van der Waals surface area contributed by atoms with Crippen LogP contribution in [0.15, 0.2) is 30.9 Å². The van der Waals surface area contributed by atoms with Crippen LogP contribution < -0.4 is 20.1 Å². The molecule has 2 aromatic carbocycles. The number of nitrogens with one attached hydrogen (secondary N) is 1. The predicted octanol–water partition coefficient (Wildman–Crippen LogP) is 6.62. The predicted molar refractivity (Wildman–Crippen MR) is 197 cm³/mol. The molecular formula is C40H46F3N7O3. The van der Waals surface area contributed by atoms with E-state index in [4.69, 9.17) is 30.6 Å². The number of aromatic nitrogens is 2. The first-order valence-electron chi connectivity index (χ1n) is 18.9. The van der Waals surface area contributed by atoms with E-state index in [9.17, 15) is 18.0 Å². The molecule has 3 saturated heterocycles. The topological polar surface area (TPSA) is 121 Å². The fraction of sp³-hybridized carbons (Fsp3) is 0.550. The molecule has 13 heteroatoms. The van der Waals surface area contributed by atoms with Gasteiger partial charge in [0.1, 0.15) is 17.4 Å². The number of carbonyl (C=O) groups excluding carboxylic acids is 1. The lowest BCUT2D eigenvalue weighted by atomic mass is 9.72. The molecule has 3 N–H and O–H groups in total. The minimum absolute atomic E-state index is 0.0138. The van der Waals surface area contributed by atoms with Crippen molar-refractivity contribution in [2.75, 3.05) is 56.5 Å². The highest BCUT2D eigenvalue weighted by Gasteiger charge is 2.55. The van der Waals surface area contributed by atoms with Crippen molar-refractivity contribution >= 4 is 34.5 Å². The number of benzene rings is 2. The lowest BCUT2D eigenvalue weighted by Gasteiger charge is -2.54. The Morgan fingerprint density at radius 1 is 1.06 bits per heavy atom. The number of ether oxygens (including phenoxy) is 2. The molecule has 4 heterocycles. The first-order valence-corrected chi connectivity index (χ1v) is 18.9. The van der Waals surface area contributed by atoms with Crippen LogP contribution in [0, 0.1) is 23.2 Å². The van der Waals surface area contributed by atoms with Crippen LogP contribution in [0.1, 0.15) is 74.0 Å². The third-order valence-corrected chi connectivity index (χ3v) is 12.8. The molecule has 6 aliphatic rings. The molecule has 2 spiro atoms. The van der Waals surface area contributed by atoms with Gasteiger partial charge in [-0.15, -0.1) is 0 Å². The summed E-state index contributed by atoms with van der Waals surface area (Å²) in [6.45, 7) is 9.01. The van der Waals surface area contributed by atoms with Gasteiger partial charge in [0.05, 0.1) is 0 Å². The molecule has 0 unspecified atom stereocenters. The average Bonchev–Trinajstić information content (AvgIpc) is 4.02. The lowest BCUT2D eigenvalue weighted by molar-refractivity contribution is -0.153. The number of amides is 1. The number of likely N-dealkylation sites (tertiary alicyclic amines) is 2. The normalized spacial score (nSPS) is 24.4. The van der Waals surface area contributed by atoms with Crippen LogP contribution in [-0.2, 0) is 4.79 Å². The minimum Gasteiger partial charge on any atom is -0.481 e. The summed E-state index contributed by atoms with van der Waals surface area (Å²) in [6.07, 6.45) is 5.61. The van der Waals surface area contributed by atoms with Crippen molar-refractivity contribution in [2.45, 2.75) is 82.5 Å². The molecule has 3 aliphatic carbocycles. The van der Waals surface area contributed by atoms with Gasteiger partial charge in [0, 0.05) is 92.0 Å². The largest absolute Gasteiger partial charge is 0.481 e. The number of rotatable bonds is 10. The fourth-order valence-corrected chi connectivity index (χ4v) is 9.22. The van der Waals surface area contributed by atoms with Gasteiger partial charge >= 0.3 is 12.2 Å². The molecule has 3 aromatic rings. The summed E-state index contributed by atoms with van der Waals surface area (Å²) in [4.78, 5) is 28.7. The van der Waals surface area contributed by atoms with Crippen molar-refractivity contribution < 1.29 is 27.4 Å². The fourth-order valence-electron chi connectivity index (χ4n) is 9.22. The summed E-state index contributed by atoms with van der Waals surface area (Å²) in [5, 5.41) is 8.91. The van der Waals surface area contributed by atoms with Gasteiger partial charge in [-0.25, -0.2) is 0 Å². The highest BCUT2D eigenvalue weighted by Crippen LogP contribution is 2.56. The van der Waals surface area contributed by atoms with E-state index in [0.717, 1.165) is 69.0 Å². The van der Waals surface area contributed by atoms with Gasteiger partial charge in [0.2, 0.25) is 5.91 Å². The average molecular weight is 730 g/mol. The SMILES string of the molecule is C=CC(=O)N1CC2(CCN(c3nc(OC4CC(N5CC6(CC6)C5)C4)nc4c(OCC(F)(F)F)c(-c5c(C)ccc(N)c5C=N)c(C5CC5)cc34)CC2)C1. The Bertz CT molecular complexity index is 2000. The number of piperidine rings is 1. The van der Waals surface area contributed by atoms with Crippen molar-refractivity contribution in [3.63, 3.8) is 0 Å². The molecule has 280 valence electrons. The molecule has 9 rings (SSSR count). The number of alkyl halides is 3. The van der Waals surface area contributed by atoms with Gasteiger partial charge in [-0.1, -0.05) is 12.6 Å². The molecule has 10 nitrogen and oxygen atoms in total. The Labute approximate surface area is 307 Å². The second-order valence-corrected chi connectivity index (χ2v) is 16.6. The van der Waals surface area contributed by atoms with Crippen LogP contribution in [0.3, 0.4) is 0 Å². The van der Waals surface area contributed by atoms with Crippen LogP contribution in [0.5, 0.6) is 11.8 Å². The Morgan fingerprint density at radius 3 is 2.38 bits per heavy atom. The molecule has 0 bridgehead atoms. The number of nitrogen functional groups attached to an aromatic ring is 1. The van der Waals surface area contributed by atoms with Crippen molar-refractivity contribution in [1.29, 1.82) is 5.41 Å². The molecule has 3 saturated carbocycles. The zero-order chi connectivity index (χ0) is 36.9. The third kappa shape index (κ3) is 6.18. The molecular weight excluding hydrogens is 683 g/mol. The quantitative estimate of drug-likeness (QED) is 0.136. The van der Waals surface area contributed by atoms with E-state index in [1.807, 2.05) is 24.0 Å². The minimum atomic E-state index is -4.61. The Kier molecular flexibility index (Phi) is 8.00. The number of carbonyl (C=O) groups is 1. The molecule has 0 atom stereocenters. The van der Waals surface area contributed by atoms with E-state index < -0.39 is 12.8 Å². The Balaban J connectivity index is 1.14. The van der Waals surface area contributed by atoms with Gasteiger partial charge in [-0.05, 0) is 91.7 Å². The molecule has 6 fully saturated rings. The van der Waals surface area contributed by atoms with Gasteiger partial charge in [0.25, 0.3) is 0 Å². The summed E-state index contributed by atoms with van der Waals surface area (Å²) in [5.41, 5.74) is 10.7. The van der Waals surface area contributed by atoms with E-state index in [2.05, 4.69) is 16.4 Å². The summed E-state index contributed by atoms with van der Waals surface area (Å²) in [5.74, 6) is 0.675. The number of nitrogens with two attached hydrogens (primary N) is 1. The van der Waals surface area contributed by atoms with Gasteiger partial charge in [-0.2, -0.15) is 23.1 Å². The number of fused-ring (bicyclic) bond motifs is 1. The standard InChI is InChI=1S/C40H46F3N7O3/c1-3-31(51)50-20-39(21-50)10-12-48(13-11-39)36-28-16-27(24-5-6-24)33(32-23(2)4-7-30(45)29(32)17-44)35(52-22-40(41,42)43)34(28)46-37(47-36)53-26-14-25(15-26)49-18-38(19-49)8-9-38/h3-4,7,16-17,24-26,44H,1,5-6,8-15,18-22,45H2,2H3. The number of nitrogens with zero attached hydrogens (tertiary/aromatic N) is 5. The van der Waals surface area contributed by atoms with E-state index in [1.54, 1.807) is 6.07 Å². The summed E-state index contributed by atoms with van der Waals surface area (Å²) in [7, 11) is 0. The number of halogens is 3. The third-order valence-electron chi connectivity index (χ3n) is 12.8. The number of aryl methyl sites for hydroxylation is 1. The maximum absolute atomic E-state index is 14.0. The van der Waals surface area contributed by atoms with Crippen molar-refractivity contribution in [3.05, 3.63) is 47.5 Å². The first-order chi connectivity index (χ1) is 25.4. The van der Waals surface area contributed by atoms with Crippen molar-refractivity contribution in [1.82, 2.24) is 19.8 Å². The van der Waals surface area contributed by atoms with Crippen LogP contribution in [0.4, 0.5) is 24.7 Å². The molecule has 0 radical (unpaired) electrons. The highest BCUT2D eigenvalue weighted by molar-refractivity contribution is 6.05. The molecule has 1 aromatic heterocycles. The Hall–Kier alpha value is -4.39. The highest BCUT2D eigenvalue weighted by atomic mass is 19.4. The number of anilines is 2. The maximum atomic E-state index is 14.0. The molecule has 1 amide bonds. The van der Waals surface area contributed by atoms with Crippen molar-refractivity contribution in [2.24, 2.45) is 10.8 Å². The maximum Gasteiger partial charge on any atom is 0.422 e. The second kappa shape index (κ2) is 12.3. The van der Waals surface area contributed by atoms with Crippen LogP contribution in [0.25, 0.3) is 22.0 Å². The van der Waals surface area contributed by atoms with Crippen LogP contribution >= 0.6 is 0 Å². The van der Waals surface area contributed by atoms with Crippen molar-refractivity contribution in [3.8, 4) is 22.9 Å². The summed E-state index contributed by atoms with van der Waals surface area (Å²) < 4.78 is 54.5. The van der Waals surface area contributed by atoms with Crippen LogP contribution in [-0.4, -0.2) is 96.1 Å². The summed E-state index contributed by atoms with van der Waals surface area (Å²) in [6, 6.07) is 6.17. The van der Waals surface area contributed by atoms with E-state index in [1.165, 1.54) is 18.9 Å². The van der Waals surface area contributed by atoms with Gasteiger partial charge < -0.3 is 30.4 Å². The zero-order valence-electron chi connectivity index (χ0n) is 30.1. The first kappa shape index (κ1) is 34.4. The van der Waals surface area contributed by atoms with E-state index in [0.29, 0.717) is 71.2 Å². The Morgan fingerprint density at radius 2 is 1.75 bits per heavy atom. The zero-order valence-corrected chi connectivity index (χ0v) is 30.1. The monoisotopic (exact) mass is 729 g/mol. The molecule has 53 heavy (non-hydrogen) atoms. The van der Waals surface area contributed by atoms with Crippen LogP contribution in [0.2, 0.25) is 0 Å². The van der Waals surface area contributed by atoms with Gasteiger partial charge in [-0.3, -0.25) is 9.69 Å². The number of hydrogen-bond acceptors (Lipinski definition) is 9. The van der Waals surface area contributed by atoms with Gasteiger partial charge in [0.15, 0.2) is 12.4 Å². The molecule has 3 aliphatic heterocycles.